The number of rotatable bonds is 4. The van der Waals surface area contributed by atoms with Gasteiger partial charge in [-0.1, -0.05) is 18.2 Å². The summed E-state index contributed by atoms with van der Waals surface area (Å²) in [7, 11) is 2.06. The second-order valence-corrected chi connectivity index (χ2v) is 11.0. The number of carbonyl (C=O) groups excluding carboxylic acids is 2. The minimum absolute atomic E-state index is 0.00390. The second kappa shape index (κ2) is 9.81. The van der Waals surface area contributed by atoms with Crippen molar-refractivity contribution >= 4 is 44.7 Å². The molecule has 0 spiro atoms. The average molecular weight is 561 g/mol. The first kappa shape index (κ1) is 25.9. The van der Waals surface area contributed by atoms with Crippen molar-refractivity contribution in [1.82, 2.24) is 24.8 Å². The molecule has 210 valence electrons. The summed E-state index contributed by atoms with van der Waals surface area (Å²) in [6, 6.07) is 19.6. The number of nitrogens with one attached hydrogen (secondary N) is 2. The van der Waals surface area contributed by atoms with E-state index in [9.17, 15) is 14.0 Å². The minimum Gasteiger partial charge on any atom is -0.366 e. The van der Waals surface area contributed by atoms with Gasteiger partial charge in [0.2, 0.25) is 0 Å². The minimum atomic E-state index is -0.532. The molecule has 9 heteroatoms. The molecule has 1 saturated heterocycles. The summed E-state index contributed by atoms with van der Waals surface area (Å²) >= 11 is 0. The molecule has 1 fully saturated rings. The van der Waals surface area contributed by atoms with Crippen LogP contribution in [0.4, 0.5) is 4.39 Å². The number of carbonyl (C=O) groups is 2. The van der Waals surface area contributed by atoms with Crippen LogP contribution in [0.25, 0.3) is 55.4 Å². The number of primary amides is 1. The summed E-state index contributed by atoms with van der Waals surface area (Å²) in [6.07, 6.45) is 0. The summed E-state index contributed by atoms with van der Waals surface area (Å²) in [5.74, 6) is -0.179. The predicted molar refractivity (Wildman–Crippen MR) is 163 cm³/mol. The summed E-state index contributed by atoms with van der Waals surface area (Å²) in [5.41, 5.74) is 13.5. The third kappa shape index (κ3) is 4.21. The van der Waals surface area contributed by atoms with E-state index in [4.69, 9.17) is 10.7 Å². The van der Waals surface area contributed by atoms with Crippen LogP contribution < -0.4 is 5.73 Å². The number of fused-ring (bicyclic) bond motifs is 4. The van der Waals surface area contributed by atoms with Crippen LogP contribution in [0.3, 0.4) is 0 Å². The number of nitrogens with zero attached hydrogens (tertiary/aromatic N) is 3. The first-order valence-electron chi connectivity index (χ1n) is 13.9. The molecule has 1 aliphatic rings. The lowest BCUT2D eigenvalue weighted by atomic mass is 9.93. The van der Waals surface area contributed by atoms with Crippen molar-refractivity contribution in [3.63, 3.8) is 0 Å². The van der Waals surface area contributed by atoms with Crippen LogP contribution in [0.5, 0.6) is 0 Å². The highest BCUT2D eigenvalue weighted by Gasteiger charge is 2.23. The fourth-order valence-electron chi connectivity index (χ4n) is 6.02. The number of H-pyrrole nitrogens is 2. The molecule has 4 N–H and O–H groups in total. The highest BCUT2D eigenvalue weighted by molar-refractivity contribution is 6.20. The van der Waals surface area contributed by atoms with E-state index in [0.717, 1.165) is 62.7 Å². The zero-order valence-corrected chi connectivity index (χ0v) is 23.3. The molecule has 3 heterocycles. The lowest BCUT2D eigenvalue weighted by Crippen LogP contribution is -2.47. The first-order valence-corrected chi connectivity index (χ1v) is 13.9. The Morgan fingerprint density at radius 3 is 2.36 bits per heavy atom. The third-order valence-corrected chi connectivity index (χ3v) is 8.37. The summed E-state index contributed by atoms with van der Waals surface area (Å²) in [6.45, 7) is 5.08. The summed E-state index contributed by atoms with van der Waals surface area (Å²) < 4.78 is 13.5. The lowest BCUT2D eigenvalue weighted by molar-refractivity contribution is 0.0664. The third-order valence-electron chi connectivity index (χ3n) is 8.37. The maximum absolute atomic E-state index is 13.5. The number of amides is 2. The van der Waals surface area contributed by atoms with Gasteiger partial charge >= 0.3 is 0 Å². The van der Waals surface area contributed by atoms with Crippen LogP contribution in [-0.2, 0) is 0 Å². The normalized spacial score (nSPS) is 14.3. The van der Waals surface area contributed by atoms with Crippen LogP contribution in [0, 0.1) is 12.7 Å². The van der Waals surface area contributed by atoms with Crippen molar-refractivity contribution < 1.29 is 14.0 Å². The molecule has 2 amide bonds. The monoisotopic (exact) mass is 560 g/mol. The van der Waals surface area contributed by atoms with Gasteiger partial charge in [-0.15, -0.1) is 0 Å². The van der Waals surface area contributed by atoms with Crippen LogP contribution in [0.2, 0.25) is 0 Å². The second-order valence-electron chi connectivity index (χ2n) is 11.0. The van der Waals surface area contributed by atoms with Gasteiger partial charge in [-0.3, -0.25) is 9.59 Å². The number of nitrogens with two attached hydrogens (primary N) is 1. The van der Waals surface area contributed by atoms with Gasteiger partial charge in [-0.2, -0.15) is 0 Å². The molecule has 0 radical (unpaired) electrons. The van der Waals surface area contributed by atoms with Crippen LogP contribution in [0.1, 0.15) is 26.3 Å². The van der Waals surface area contributed by atoms with Gasteiger partial charge in [-0.05, 0) is 79.2 Å². The molecule has 0 unspecified atom stereocenters. The maximum Gasteiger partial charge on any atom is 0.254 e. The van der Waals surface area contributed by atoms with Crippen molar-refractivity contribution in [2.24, 2.45) is 5.73 Å². The number of aromatic amines is 2. The van der Waals surface area contributed by atoms with Gasteiger partial charge in [0.25, 0.3) is 11.8 Å². The van der Waals surface area contributed by atoms with Gasteiger partial charge in [0.05, 0.1) is 22.1 Å². The van der Waals surface area contributed by atoms with Crippen LogP contribution >= 0.6 is 0 Å². The molecule has 0 saturated carbocycles. The van der Waals surface area contributed by atoms with E-state index in [-0.39, 0.29) is 11.7 Å². The number of piperazine rings is 1. The molecule has 2 aromatic heterocycles. The van der Waals surface area contributed by atoms with E-state index >= 15 is 0 Å². The fraction of sp³-hybridized carbons (Fsp3) is 0.182. The van der Waals surface area contributed by atoms with Crippen molar-refractivity contribution in [3.05, 3.63) is 89.2 Å². The molecule has 0 atom stereocenters. The zero-order chi connectivity index (χ0) is 29.1. The van der Waals surface area contributed by atoms with Crippen molar-refractivity contribution in [2.45, 2.75) is 6.92 Å². The SMILES string of the molecule is Cc1c(-c2ccc(C(N)=O)c3[nH]c4cc(C(=O)N5CCN(C)CC5)ccc4c23)ccc2[nH]c(-c3ccc(F)cc3)nc12. The fourth-order valence-corrected chi connectivity index (χ4v) is 6.02. The van der Waals surface area contributed by atoms with Gasteiger partial charge < -0.3 is 25.5 Å². The number of likely N-dealkylation sites (N-methyl/N-ethyl adjacent to an activating group) is 1. The van der Waals surface area contributed by atoms with Crippen molar-refractivity contribution in [2.75, 3.05) is 33.2 Å². The smallest absolute Gasteiger partial charge is 0.254 e. The molecule has 6 aromatic rings. The van der Waals surface area contributed by atoms with Crippen molar-refractivity contribution in [3.8, 4) is 22.5 Å². The zero-order valence-electron chi connectivity index (χ0n) is 23.3. The number of hydrogen-bond donors (Lipinski definition) is 3. The summed E-state index contributed by atoms with van der Waals surface area (Å²) in [5, 5.41) is 1.75. The van der Waals surface area contributed by atoms with E-state index in [0.29, 0.717) is 35.6 Å². The molecule has 0 aliphatic carbocycles. The Hall–Kier alpha value is -5.02. The van der Waals surface area contributed by atoms with E-state index in [1.807, 2.05) is 48.2 Å². The quantitative estimate of drug-likeness (QED) is 0.266. The Morgan fingerprint density at radius 2 is 1.62 bits per heavy atom. The number of benzene rings is 4. The Kier molecular flexibility index (Phi) is 6.06. The van der Waals surface area contributed by atoms with Crippen LogP contribution in [0.15, 0.2) is 66.7 Å². The Morgan fingerprint density at radius 1 is 0.881 bits per heavy atom. The largest absolute Gasteiger partial charge is 0.366 e. The average Bonchev–Trinajstić information content (AvgIpc) is 3.60. The number of imidazole rings is 1. The molecule has 7 rings (SSSR count). The number of halogens is 1. The Bertz CT molecular complexity index is 2030. The Balaban J connectivity index is 1.37. The topological polar surface area (TPSA) is 111 Å². The highest BCUT2D eigenvalue weighted by atomic mass is 19.1. The number of hydrogen-bond acceptors (Lipinski definition) is 4. The Labute approximate surface area is 240 Å². The van der Waals surface area contributed by atoms with E-state index in [1.165, 1.54) is 12.1 Å². The van der Waals surface area contributed by atoms with Gasteiger partial charge in [0.15, 0.2) is 0 Å². The van der Waals surface area contributed by atoms with Crippen molar-refractivity contribution in [1.29, 1.82) is 0 Å². The molecule has 4 aromatic carbocycles. The standard InChI is InChI=1S/C33H29FN6O2/c1-18-22(11-12-26-29(18)38-32(37-26)19-3-6-21(34)7-4-19)23-9-10-25(31(35)41)30-28(23)24-8-5-20(17-27(24)36-30)33(42)40-15-13-39(2)14-16-40/h3-12,17,36H,13-16H2,1-2H3,(H2,35,41)(H,37,38). The lowest BCUT2D eigenvalue weighted by Gasteiger charge is -2.32. The molecule has 0 bridgehead atoms. The number of aromatic nitrogens is 3. The molecular weight excluding hydrogens is 531 g/mol. The number of aryl methyl sites for hydroxylation is 1. The van der Waals surface area contributed by atoms with Gasteiger partial charge in [-0.25, -0.2) is 9.37 Å². The van der Waals surface area contributed by atoms with E-state index < -0.39 is 5.91 Å². The maximum atomic E-state index is 13.5. The van der Waals surface area contributed by atoms with E-state index in [2.05, 4.69) is 21.9 Å². The van der Waals surface area contributed by atoms with Gasteiger partial charge in [0, 0.05) is 53.6 Å². The molecule has 1 aliphatic heterocycles. The first-order chi connectivity index (χ1) is 20.3. The highest BCUT2D eigenvalue weighted by Crippen LogP contribution is 2.39. The molecular formula is C33H29FN6O2. The molecule has 42 heavy (non-hydrogen) atoms. The van der Waals surface area contributed by atoms with Gasteiger partial charge in [0.1, 0.15) is 11.6 Å². The predicted octanol–water partition coefficient (Wildman–Crippen LogP) is 5.47. The summed E-state index contributed by atoms with van der Waals surface area (Å²) in [4.78, 5) is 41.4. The van der Waals surface area contributed by atoms with E-state index in [1.54, 1.807) is 18.2 Å². The van der Waals surface area contributed by atoms with Crippen LogP contribution in [-0.4, -0.2) is 69.8 Å². The molecule has 8 nitrogen and oxygen atoms in total.